The molecule has 2 nitrogen and oxygen atoms in total. The van der Waals surface area contributed by atoms with E-state index in [0.29, 0.717) is 5.41 Å². The summed E-state index contributed by atoms with van der Waals surface area (Å²) in [5.41, 5.74) is 9.25. The summed E-state index contributed by atoms with van der Waals surface area (Å²) in [4.78, 5) is 2.57. The van der Waals surface area contributed by atoms with Crippen molar-refractivity contribution in [2.75, 3.05) is 19.6 Å². The molecule has 1 aromatic carbocycles. The van der Waals surface area contributed by atoms with Gasteiger partial charge in [0.2, 0.25) is 0 Å². The summed E-state index contributed by atoms with van der Waals surface area (Å²) in [5.74, 6) is 0.890. The second kappa shape index (κ2) is 3.57. The topological polar surface area (TPSA) is 29.3 Å². The zero-order valence-corrected chi connectivity index (χ0v) is 9.95. The molecule has 0 spiro atoms. The Balaban J connectivity index is 1.67. The molecule has 86 valence electrons. The smallest absolute Gasteiger partial charge is 0.0236 e. The lowest BCUT2D eigenvalue weighted by molar-refractivity contribution is 0.274. The average Bonchev–Trinajstić information content (AvgIpc) is 2.86. The number of fused-ring (bicyclic) bond motifs is 1. The van der Waals surface area contributed by atoms with Crippen LogP contribution in [0.25, 0.3) is 0 Å². The van der Waals surface area contributed by atoms with Gasteiger partial charge in [0.25, 0.3) is 0 Å². The quantitative estimate of drug-likeness (QED) is 0.834. The molecular formula is C14H20N2. The molecular weight excluding hydrogens is 196 g/mol. The van der Waals surface area contributed by atoms with Crippen molar-refractivity contribution in [1.82, 2.24) is 4.90 Å². The van der Waals surface area contributed by atoms with Gasteiger partial charge in [-0.3, -0.25) is 4.90 Å². The van der Waals surface area contributed by atoms with E-state index in [0.717, 1.165) is 19.0 Å². The Morgan fingerprint density at radius 3 is 2.94 bits per heavy atom. The van der Waals surface area contributed by atoms with E-state index >= 15 is 0 Å². The van der Waals surface area contributed by atoms with Crippen molar-refractivity contribution in [3.8, 4) is 0 Å². The molecule has 1 saturated carbocycles. The number of hydrogen-bond acceptors (Lipinski definition) is 2. The minimum Gasteiger partial charge on any atom is -0.330 e. The van der Waals surface area contributed by atoms with Gasteiger partial charge >= 0.3 is 0 Å². The van der Waals surface area contributed by atoms with Crippen molar-refractivity contribution in [2.45, 2.75) is 19.9 Å². The minimum atomic E-state index is 0.503. The lowest BCUT2D eigenvalue weighted by Gasteiger charge is -2.21. The van der Waals surface area contributed by atoms with Gasteiger partial charge in [0.1, 0.15) is 0 Å². The molecule has 1 saturated heterocycles. The van der Waals surface area contributed by atoms with E-state index in [2.05, 4.69) is 36.1 Å². The van der Waals surface area contributed by atoms with Crippen molar-refractivity contribution in [2.24, 2.45) is 17.1 Å². The molecule has 0 bridgehead atoms. The molecule has 1 aromatic rings. The molecule has 2 aliphatic rings. The number of nitrogens with two attached hydrogens (primary N) is 1. The Morgan fingerprint density at radius 1 is 1.44 bits per heavy atom. The van der Waals surface area contributed by atoms with E-state index in [1.54, 1.807) is 0 Å². The van der Waals surface area contributed by atoms with Crippen LogP contribution in [0.5, 0.6) is 0 Å². The van der Waals surface area contributed by atoms with E-state index in [9.17, 15) is 0 Å². The van der Waals surface area contributed by atoms with Gasteiger partial charge in [0.15, 0.2) is 0 Å². The molecule has 0 amide bonds. The summed E-state index contributed by atoms with van der Waals surface area (Å²) >= 11 is 0. The fourth-order valence-electron chi connectivity index (χ4n) is 3.17. The molecule has 0 unspecified atom stereocenters. The highest BCUT2D eigenvalue weighted by molar-refractivity contribution is 5.26. The van der Waals surface area contributed by atoms with Crippen molar-refractivity contribution in [3.63, 3.8) is 0 Å². The number of rotatable bonds is 3. The van der Waals surface area contributed by atoms with Crippen LogP contribution in [0.15, 0.2) is 24.3 Å². The van der Waals surface area contributed by atoms with Crippen LogP contribution in [-0.4, -0.2) is 24.5 Å². The number of hydrogen-bond donors (Lipinski definition) is 1. The highest BCUT2D eigenvalue weighted by atomic mass is 15.2. The first kappa shape index (κ1) is 10.3. The second-order valence-electron chi connectivity index (χ2n) is 5.56. The lowest BCUT2D eigenvalue weighted by Crippen LogP contribution is -2.28. The van der Waals surface area contributed by atoms with Gasteiger partial charge in [-0.15, -0.1) is 0 Å². The largest absolute Gasteiger partial charge is 0.330 e. The van der Waals surface area contributed by atoms with Crippen molar-refractivity contribution < 1.29 is 0 Å². The number of piperidine rings is 1. The van der Waals surface area contributed by atoms with E-state index in [1.807, 2.05) is 0 Å². The number of likely N-dealkylation sites (tertiary alicyclic amines) is 1. The van der Waals surface area contributed by atoms with Gasteiger partial charge in [-0.1, -0.05) is 24.3 Å². The van der Waals surface area contributed by atoms with Crippen LogP contribution in [0.3, 0.4) is 0 Å². The Bertz CT molecular complexity index is 397. The van der Waals surface area contributed by atoms with Crippen LogP contribution in [0.4, 0.5) is 0 Å². The van der Waals surface area contributed by atoms with Crippen LogP contribution in [0.2, 0.25) is 0 Å². The lowest BCUT2D eigenvalue weighted by atomic mass is 10.1. The Kier molecular flexibility index (Phi) is 2.30. The first-order chi connectivity index (χ1) is 7.73. The fourth-order valence-corrected chi connectivity index (χ4v) is 3.17. The van der Waals surface area contributed by atoms with Gasteiger partial charge < -0.3 is 5.73 Å². The Labute approximate surface area is 97.4 Å². The normalized spacial score (nSPS) is 32.8. The van der Waals surface area contributed by atoms with Gasteiger partial charge in [0, 0.05) is 19.6 Å². The van der Waals surface area contributed by atoms with Crippen molar-refractivity contribution >= 4 is 0 Å². The summed E-state index contributed by atoms with van der Waals surface area (Å²) in [7, 11) is 0. The molecule has 16 heavy (non-hydrogen) atoms. The Hall–Kier alpha value is -0.860. The predicted octanol–water partition coefficient (Wildman–Crippen LogP) is 1.78. The van der Waals surface area contributed by atoms with Gasteiger partial charge in [-0.2, -0.15) is 0 Å². The molecule has 1 aliphatic heterocycles. The standard InChI is InChI=1S/C14H20N2/c1-11-4-2-3-5-12(11)7-16-8-13-6-14(13,9-15)10-16/h2-5,13H,6-10,15H2,1H3/t13-,14-/m1/s1. The molecule has 2 N–H and O–H groups in total. The SMILES string of the molecule is Cc1ccccc1CN1C[C@H]2C[C@@]2(CN)C1. The van der Waals surface area contributed by atoms with E-state index in [1.165, 1.54) is 30.6 Å². The van der Waals surface area contributed by atoms with E-state index in [-0.39, 0.29) is 0 Å². The van der Waals surface area contributed by atoms with Crippen LogP contribution in [0, 0.1) is 18.3 Å². The second-order valence-corrected chi connectivity index (χ2v) is 5.56. The maximum Gasteiger partial charge on any atom is 0.0236 e. The van der Waals surface area contributed by atoms with Crippen LogP contribution in [0.1, 0.15) is 17.5 Å². The predicted molar refractivity (Wildman–Crippen MR) is 66.1 cm³/mol. The summed E-state index contributed by atoms with van der Waals surface area (Å²) in [6, 6.07) is 8.69. The van der Waals surface area contributed by atoms with Gasteiger partial charge in [-0.25, -0.2) is 0 Å². The molecule has 0 radical (unpaired) electrons. The van der Waals surface area contributed by atoms with E-state index < -0.39 is 0 Å². The minimum absolute atomic E-state index is 0.503. The Morgan fingerprint density at radius 2 is 2.25 bits per heavy atom. The maximum atomic E-state index is 5.87. The molecule has 3 rings (SSSR count). The molecule has 1 heterocycles. The molecule has 0 aromatic heterocycles. The number of nitrogens with zero attached hydrogens (tertiary/aromatic N) is 1. The number of aryl methyl sites for hydroxylation is 1. The molecule has 2 fully saturated rings. The monoisotopic (exact) mass is 216 g/mol. The zero-order chi connectivity index (χ0) is 11.2. The van der Waals surface area contributed by atoms with Crippen molar-refractivity contribution in [3.05, 3.63) is 35.4 Å². The first-order valence-electron chi connectivity index (χ1n) is 6.20. The third-order valence-corrected chi connectivity index (χ3v) is 4.44. The highest BCUT2D eigenvalue weighted by Gasteiger charge is 2.58. The maximum absolute atomic E-state index is 5.87. The summed E-state index contributed by atoms with van der Waals surface area (Å²) in [6.45, 7) is 6.64. The molecule has 2 heteroatoms. The average molecular weight is 216 g/mol. The zero-order valence-electron chi connectivity index (χ0n) is 9.95. The summed E-state index contributed by atoms with van der Waals surface area (Å²) in [5, 5.41) is 0. The third kappa shape index (κ3) is 1.57. The van der Waals surface area contributed by atoms with Gasteiger partial charge in [-0.05, 0) is 42.3 Å². The fraction of sp³-hybridized carbons (Fsp3) is 0.571. The van der Waals surface area contributed by atoms with Gasteiger partial charge in [0.05, 0.1) is 0 Å². The third-order valence-electron chi connectivity index (χ3n) is 4.44. The summed E-state index contributed by atoms with van der Waals surface area (Å²) < 4.78 is 0. The van der Waals surface area contributed by atoms with Crippen molar-refractivity contribution in [1.29, 1.82) is 0 Å². The first-order valence-corrected chi connectivity index (χ1v) is 6.20. The van der Waals surface area contributed by atoms with Crippen LogP contribution >= 0.6 is 0 Å². The molecule has 1 aliphatic carbocycles. The number of benzene rings is 1. The highest BCUT2D eigenvalue weighted by Crippen LogP contribution is 2.57. The van der Waals surface area contributed by atoms with Crippen LogP contribution < -0.4 is 5.73 Å². The van der Waals surface area contributed by atoms with E-state index in [4.69, 9.17) is 5.73 Å². The summed E-state index contributed by atoms with van der Waals surface area (Å²) in [6.07, 6.45) is 1.37. The van der Waals surface area contributed by atoms with Crippen LogP contribution in [-0.2, 0) is 6.54 Å². The molecule has 2 atom stereocenters.